The standard InChI is InChI=1S/C58H39N/c1-2-14-40(15-3-1)41-28-33-47(34-29-41)59(48-35-30-44(31-36-48)57-38-45-18-6-9-23-52(45)53-24-10-11-25-55(53)57)58-39-46(51-26-12-19-42-16-4-7-21-49(42)51)32-37-56(58)54-27-13-20-43-17-5-8-22-50(43)54/h1-39H. The third-order valence-corrected chi connectivity index (χ3v) is 11.9. The van der Waals surface area contributed by atoms with Gasteiger partial charge in [-0.25, -0.2) is 0 Å². The molecule has 59 heavy (non-hydrogen) atoms. The Hall–Kier alpha value is -7.74. The summed E-state index contributed by atoms with van der Waals surface area (Å²) < 4.78 is 0. The molecule has 0 amide bonds. The molecule has 0 aliphatic carbocycles. The van der Waals surface area contributed by atoms with Gasteiger partial charge in [-0.2, -0.15) is 0 Å². The van der Waals surface area contributed by atoms with E-state index in [0.717, 1.165) is 17.1 Å². The van der Waals surface area contributed by atoms with Crippen molar-refractivity contribution in [3.8, 4) is 44.5 Å². The summed E-state index contributed by atoms with van der Waals surface area (Å²) in [5.41, 5.74) is 12.9. The van der Waals surface area contributed by atoms with Crippen LogP contribution in [0.2, 0.25) is 0 Å². The normalized spacial score (nSPS) is 11.4. The van der Waals surface area contributed by atoms with Gasteiger partial charge in [-0.3, -0.25) is 0 Å². The predicted molar refractivity (Wildman–Crippen MR) is 253 cm³/mol. The maximum Gasteiger partial charge on any atom is 0.0546 e. The summed E-state index contributed by atoms with van der Waals surface area (Å²) in [5, 5.41) is 9.98. The molecular weight excluding hydrogens is 711 g/mol. The molecule has 1 nitrogen and oxygen atoms in total. The molecule has 276 valence electrons. The molecule has 1 heteroatoms. The smallest absolute Gasteiger partial charge is 0.0546 e. The molecule has 0 aliphatic heterocycles. The van der Waals surface area contributed by atoms with E-state index in [4.69, 9.17) is 0 Å². The second kappa shape index (κ2) is 14.6. The Bertz CT molecular complexity index is 3300. The minimum absolute atomic E-state index is 1.09. The molecule has 11 rings (SSSR count). The molecule has 11 aromatic carbocycles. The zero-order chi connectivity index (χ0) is 39.1. The topological polar surface area (TPSA) is 3.24 Å². The van der Waals surface area contributed by atoms with E-state index in [-0.39, 0.29) is 0 Å². The highest BCUT2D eigenvalue weighted by molar-refractivity contribution is 6.14. The highest BCUT2D eigenvalue weighted by atomic mass is 15.1. The second-order valence-electron chi connectivity index (χ2n) is 15.3. The van der Waals surface area contributed by atoms with E-state index in [1.807, 2.05) is 0 Å². The first-order valence-electron chi connectivity index (χ1n) is 20.3. The van der Waals surface area contributed by atoms with Crippen molar-refractivity contribution in [1.29, 1.82) is 0 Å². The summed E-state index contributed by atoms with van der Waals surface area (Å²) in [6, 6.07) is 86.4. The Morgan fingerprint density at radius 2 is 0.695 bits per heavy atom. The van der Waals surface area contributed by atoms with Crippen LogP contribution in [-0.4, -0.2) is 0 Å². The van der Waals surface area contributed by atoms with E-state index in [9.17, 15) is 0 Å². The highest BCUT2D eigenvalue weighted by Crippen LogP contribution is 2.46. The van der Waals surface area contributed by atoms with Crippen LogP contribution < -0.4 is 4.90 Å². The third-order valence-electron chi connectivity index (χ3n) is 11.9. The first kappa shape index (κ1) is 34.5. The zero-order valence-electron chi connectivity index (χ0n) is 32.5. The number of hydrogen-bond donors (Lipinski definition) is 0. The number of rotatable bonds is 7. The highest BCUT2D eigenvalue weighted by Gasteiger charge is 2.21. The number of nitrogens with zero attached hydrogens (tertiary/aromatic N) is 1. The quantitative estimate of drug-likeness (QED) is 0.147. The van der Waals surface area contributed by atoms with Gasteiger partial charge in [0, 0.05) is 16.9 Å². The van der Waals surface area contributed by atoms with Gasteiger partial charge in [0.1, 0.15) is 0 Å². The van der Waals surface area contributed by atoms with Crippen molar-refractivity contribution >= 4 is 60.2 Å². The van der Waals surface area contributed by atoms with Crippen molar-refractivity contribution < 1.29 is 0 Å². The maximum absolute atomic E-state index is 2.45. The van der Waals surface area contributed by atoms with E-state index in [1.165, 1.54) is 87.6 Å². The van der Waals surface area contributed by atoms with Crippen molar-refractivity contribution in [1.82, 2.24) is 0 Å². The van der Waals surface area contributed by atoms with Gasteiger partial charge < -0.3 is 4.90 Å². The summed E-state index contributed by atoms with van der Waals surface area (Å²) in [6.45, 7) is 0. The molecule has 0 aliphatic rings. The van der Waals surface area contributed by atoms with Crippen LogP contribution in [0.5, 0.6) is 0 Å². The average molecular weight is 750 g/mol. The lowest BCUT2D eigenvalue weighted by Gasteiger charge is -2.29. The molecule has 0 saturated heterocycles. The van der Waals surface area contributed by atoms with Gasteiger partial charge in [-0.15, -0.1) is 0 Å². The van der Waals surface area contributed by atoms with Crippen molar-refractivity contribution in [2.24, 2.45) is 0 Å². The summed E-state index contributed by atoms with van der Waals surface area (Å²) in [7, 11) is 0. The van der Waals surface area contributed by atoms with Crippen LogP contribution in [-0.2, 0) is 0 Å². The molecule has 0 fully saturated rings. The van der Waals surface area contributed by atoms with Crippen LogP contribution in [0.4, 0.5) is 17.1 Å². The maximum atomic E-state index is 2.45. The Balaban J connectivity index is 1.14. The first-order valence-corrected chi connectivity index (χ1v) is 20.3. The minimum atomic E-state index is 1.09. The first-order chi connectivity index (χ1) is 29.3. The Morgan fingerprint density at radius 3 is 1.37 bits per heavy atom. The van der Waals surface area contributed by atoms with Gasteiger partial charge in [0.15, 0.2) is 0 Å². The van der Waals surface area contributed by atoms with Gasteiger partial charge in [0.05, 0.1) is 5.69 Å². The summed E-state index contributed by atoms with van der Waals surface area (Å²) in [6.07, 6.45) is 0. The summed E-state index contributed by atoms with van der Waals surface area (Å²) in [4.78, 5) is 2.45. The lowest BCUT2D eigenvalue weighted by atomic mass is 9.91. The molecule has 11 aromatic rings. The SMILES string of the molecule is c1ccc(-c2ccc(N(c3ccc(-c4cc5ccccc5c5ccccc45)cc3)c3cc(-c4cccc5ccccc45)ccc3-c3cccc4ccccc34)cc2)cc1. The fourth-order valence-corrected chi connectivity index (χ4v) is 8.99. The molecule has 0 atom stereocenters. The van der Waals surface area contributed by atoms with Crippen LogP contribution in [0.15, 0.2) is 237 Å². The van der Waals surface area contributed by atoms with E-state index in [0.29, 0.717) is 0 Å². The van der Waals surface area contributed by atoms with Gasteiger partial charge in [0.25, 0.3) is 0 Å². The molecule has 0 saturated carbocycles. The fourth-order valence-electron chi connectivity index (χ4n) is 8.99. The molecule has 0 spiro atoms. The molecule has 0 heterocycles. The fraction of sp³-hybridized carbons (Fsp3) is 0. The summed E-state index contributed by atoms with van der Waals surface area (Å²) in [5.74, 6) is 0. The Kier molecular flexibility index (Phi) is 8.56. The summed E-state index contributed by atoms with van der Waals surface area (Å²) >= 11 is 0. The monoisotopic (exact) mass is 749 g/mol. The lowest BCUT2D eigenvalue weighted by Crippen LogP contribution is -2.11. The van der Waals surface area contributed by atoms with Gasteiger partial charge >= 0.3 is 0 Å². The van der Waals surface area contributed by atoms with Crippen LogP contribution in [0, 0.1) is 0 Å². The van der Waals surface area contributed by atoms with Crippen molar-refractivity contribution in [2.75, 3.05) is 4.90 Å². The number of anilines is 3. The van der Waals surface area contributed by atoms with Crippen LogP contribution in [0.25, 0.3) is 87.6 Å². The number of benzene rings is 11. The van der Waals surface area contributed by atoms with Crippen molar-refractivity contribution in [3.05, 3.63) is 237 Å². The van der Waals surface area contributed by atoms with Gasteiger partial charge in [-0.05, 0) is 118 Å². The van der Waals surface area contributed by atoms with Crippen molar-refractivity contribution in [3.63, 3.8) is 0 Å². The number of hydrogen-bond acceptors (Lipinski definition) is 1. The van der Waals surface area contributed by atoms with Gasteiger partial charge in [-0.1, -0.05) is 200 Å². The molecule has 0 bridgehead atoms. The van der Waals surface area contributed by atoms with Gasteiger partial charge in [0.2, 0.25) is 0 Å². The van der Waals surface area contributed by atoms with Crippen LogP contribution >= 0.6 is 0 Å². The molecular formula is C58H39N. The van der Waals surface area contributed by atoms with E-state index >= 15 is 0 Å². The molecule has 0 radical (unpaired) electrons. The Morgan fingerprint density at radius 1 is 0.220 bits per heavy atom. The Labute approximate surface area is 344 Å². The average Bonchev–Trinajstić information content (AvgIpc) is 3.32. The number of fused-ring (bicyclic) bond motifs is 5. The molecule has 0 aromatic heterocycles. The van der Waals surface area contributed by atoms with Crippen LogP contribution in [0.3, 0.4) is 0 Å². The predicted octanol–water partition coefficient (Wildman–Crippen LogP) is 16.4. The molecule has 0 N–H and O–H groups in total. The minimum Gasteiger partial charge on any atom is -0.310 e. The van der Waals surface area contributed by atoms with E-state index in [1.54, 1.807) is 0 Å². The largest absolute Gasteiger partial charge is 0.310 e. The third kappa shape index (κ3) is 6.21. The zero-order valence-corrected chi connectivity index (χ0v) is 32.5. The van der Waals surface area contributed by atoms with Crippen LogP contribution in [0.1, 0.15) is 0 Å². The lowest BCUT2D eigenvalue weighted by molar-refractivity contribution is 1.28. The van der Waals surface area contributed by atoms with Crippen molar-refractivity contribution in [2.45, 2.75) is 0 Å². The second-order valence-corrected chi connectivity index (χ2v) is 15.3. The van der Waals surface area contributed by atoms with E-state index in [2.05, 4.69) is 241 Å². The van der Waals surface area contributed by atoms with E-state index < -0.39 is 0 Å². The molecule has 0 unspecified atom stereocenters.